The molecule has 0 rings (SSSR count). The summed E-state index contributed by atoms with van der Waals surface area (Å²) < 4.78 is 30.8. The molecule has 0 saturated heterocycles. The van der Waals surface area contributed by atoms with Gasteiger partial charge in [-0.15, -0.1) is 0 Å². The summed E-state index contributed by atoms with van der Waals surface area (Å²) in [4.78, 5) is 0. The van der Waals surface area contributed by atoms with Crippen molar-refractivity contribution < 1.29 is 13.0 Å². The van der Waals surface area contributed by atoms with Gasteiger partial charge in [0, 0.05) is 4.21 Å². The zero-order chi connectivity index (χ0) is 4.99. The Bertz CT molecular complexity index is 46.8. The molecule has 4 heteroatoms. The van der Waals surface area contributed by atoms with Gasteiger partial charge in [0.05, 0.1) is 0 Å². The molecule has 0 saturated carbocycles. The van der Waals surface area contributed by atoms with Gasteiger partial charge in [0.15, 0.2) is 0 Å². The first-order valence-corrected chi connectivity index (χ1v) is 2.21. The fraction of sp³-hybridized carbons (Fsp3) is 1.00. The molecule has 0 bridgehead atoms. The van der Waals surface area contributed by atoms with Crippen LogP contribution >= 0.6 is 0 Å². The van der Waals surface area contributed by atoms with Crippen molar-refractivity contribution in [2.45, 2.75) is 6.43 Å². The van der Waals surface area contributed by atoms with Crippen molar-refractivity contribution in [3.8, 4) is 0 Å². The first-order valence-electron chi connectivity index (χ1n) is 1.30. The van der Waals surface area contributed by atoms with Crippen LogP contribution in [0, 0.1) is 0 Å². The van der Waals surface area contributed by atoms with Crippen LogP contribution in [-0.2, 0) is 15.9 Å². The lowest BCUT2D eigenvalue weighted by Crippen LogP contribution is -1.94. The van der Waals surface area contributed by atoms with E-state index in [1.54, 1.807) is 0 Å². The quantitative estimate of drug-likeness (QED) is 0.481. The van der Waals surface area contributed by atoms with Gasteiger partial charge in [0.2, 0.25) is 0 Å². The molecule has 0 aliphatic rings. The van der Waals surface area contributed by atoms with Crippen molar-refractivity contribution in [1.29, 1.82) is 0 Å². The summed E-state index contributed by atoms with van der Waals surface area (Å²) in [6, 6.07) is 0. The summed E-state index contributed by atoms with van der Waals surface area (Å²) in [7, 11) is 0. The molecular weight excluding hydrogens is 110 g/mol. The Morgan fingerprint density at radius 3 is 2.17 bits per heavy atom. The minimum atomic E-state index is -2.45. The van der Waals surface area contributed by atoms with Crippen molar-refractivity contribution in [2.75, 3.05) is 5.75 Å². The Balaban J connectivity index is 2.81. The highest BCUT2D eigenvalue weighted by Crippen LogP contribution is 1.87. The maximum absolute atomic E-state index is 10.8. The predicted molar refractivity (Wildman–Crippen MR) is 18.9 cm³/mol. The van der Waals surface area contributed by atoms with E-state index in [0.29, 0.717) is 0 Å². The summed E-state index contributed by atoms with van der Waals surface area (Å²) >= 11 is -0.0903. The van der Waals surface area contributed by atoms with Crippen molar-refractivity contribution in [3.63, 3.8) is 0 Å². The maximum atomic E-state index is 10.8. The van der Waals surface area contributed by atoms with Crippen LogP contribution in [0.15, 0.2) is 0 Å². The maximum Gasteiger partial charge on any atom is 0.465 e. The molecule has 0 aromatic heterocycles. The number of rotatable bonds is 2. The monoisotopic (exact) mass is 113 g/mol. The molecule has 0 amide bonds. The molecule has 0 radical (unpaired) electrons. The van der Waals surface area contributed by atoms with E-state index in [4.69, 9.17) is 0 Å². The summed E-state index contributed by atoms with van der Waals surface area (Å²) in [5, 5.41) is 0. The second kappa shape index (κ2) is 3.08. The molecule has 0 heterocycles. The van der Waals surface area contributed by atoms with E-state index >= 15 is 0 Å². The summed E-state index contributed by atoms with van der Waals surface area (Å²) in [5.74, 6) is -0.597. The van der Waals surface area contributed by atoms with Gasteiger partial charge in [-0.25, -0.2) is 8.78 Å². The average Bonchev–Trinajstić information content (AvgIpc) is 1.35. The molecular formula is C2H3F2OS+. The van der Waals surface area contributed by atoms with Crippen LogP contribution in [0.25, 0.3) is 0 Å². The van der Waals surface area contributed by atoms with Crippen molar-refractivity contribution in [1.82, 2.24) is 0 Å². The summed E-state index contributed by atoms with van der Waals surface area (Å²) in [5.41, 5.74) is 0. The third-order valence-corrected chi connectivity index (χ3v) is 0.582. The average molecular weight is 113 g/mol. The Labute approximate surface area is 37.8 Å². The SMILES string of the molecule is O=[S+]CC(F)F. The Hall–Kier alpha value is -0.120. The normalized spacial score (nSPS) is 9.17. The Morgan fingerprint density at radius 1 is 1.67 bits per heavy atom. The second-order valence-corrected chi connectivity index (χ2v) is 1.24. The van der Waals surface area contributed by atoms with Gasteiger partial charge < -0.3 is 0 Å². The van der Waals surface area contributed by atoms with Gasteiger partial charge in [-0.05, 0) is 0 Å². The summed E-state index contributed by atoms with van der Waals surface area (Å²) in [6.07, 6.45) is -2.45. The van der Waals surface area contributed by atoms with Crippen LogP contribution in [0.2, 0.25) is 0 Å². The van der Waals surface area contributed by atoms with Crippen molar-refractivity contribution in [2.24, 2.45) is 0 Å². The van der Waals surface area contributed by atoms with Gasteiger partial charge in [-0.3, -0.25) is 0 Å². The molecule has 0 spiro atoms. The largest absolute Gasteiger partial charge is 0.465 e. The highest BCUT2D eigenvalue weighted by Gasteiger charge is 2.09. The minimum absolute atomic E-state index is 0.0903. The van der Waals surface area contributed by atoms with E-state index < -0.39 is 12.2 Å². The number of alkyl halides is 2. The zero-order valence-corrected chi connectivity index (χ0v) is 3.67. The molecule has 0 aromatic rings. The van der Waals surface area contributed by atoms with E-state index in [1.807, 2.05) is 0 Å². The lowest BCUT2D eigenvalue weighted by molar-refractivity contribution is 0.176. The fourth-order valence-corrected chi connectivity index (χ4v) is 0.154. The fourth-order valence-electron chi connectivity index (χ4n) is 0.0514. The first kappa shape index (κ1) is 5.88. The van der Waals surface area contributed by atoms with Crippen LogP contribution in [0.1, 0.15) is 0 Å². The molecule has 0 atom stereocenters. The molecule has 0 unspecified atom stereocenters. The number of halogens is 2. The lowest BCUT2D eigenvalue weighted by atomic mass is 10.9. The predicted octanol–water partition coefficient (Wildman–Crippen LogP) is 0.680. The first-order chi connectivity index (χ1) is 2.77. The Morgan fingerprint density at radius 2 is 2.17 bits per heavy atom. The van der Waals surface area contributed by atoms with E-state index in [9.17, 15) is 13.0 Å². The van der Waals surface area contributed by atoms with Gasteiger partial charge in [-0.2, -0.15) is 0 Å². The standard InChI is InChI=1S/C2H3F2OS/c3-2(4)1-6-5/h2H,1H2/q+1. The van der Waals surface area contributed by atoms with E-state index in [1.165, 1.54) is 0 Å². The third-order valence-electron chi connectivity index (χ3n) is 0.194. The molecule has 1 nitrogen and oxygen atoms in total. The molecule has 36 valence electrons. The van der Waals surface area contributed by atoms with E-state index in [0.717, 1.165) is 0 Å². The van der Waals surface area contributed by atoms with Crippen molar-refractivity contribution >= 4 is 11.7 Å². The van der Waals surface area contributed by atoms with Gasteiger partial charge in [-0.1, -0.05) is 0 Å². The smallest absolute Gasteiger partial charge is 0.204 e. The molecule has 0 N–H and O–H groups in total. The van der Waals surface area contributed by atoms with Gasteiger partial charge in [0.25, 0.3) is 12.2 Å². The van der Waals surface area contributed by atoms with Crippen LogP contribution in [-0.4, -0.2) is 12.2 Å². The van der Waals surface area contributed by atoms with Gasteiger partial charge >= 0.3 is 11.7 Å². The molecule has 0 aliphatic carbocycles. The molecule has 6 heavy (non-hydrogen) atoms. The van der Waals surface area contributed by atoms with Crippen molar-refractivity contribution in [3.05, 3.63) is 0 Å². The van der Waals surface area contributed by atoms with E-state index in [2.05, 4.69) is 0 Å². The number of hydrogen-bond acceptors (Lipinski definition) is 1. The molecule has 0 aromatic carbocycles. The molecule has 0 fully saturated rings. The van der Waals surface area contributed by atoms with Crippen LogP contribution in [0.5, 0.6) is 0 Å². The molecule has 0 aliphatic heterocycles. The van der Waals surface area contributed by atoms with Crippen LogP contribution < -0.4 is 0 Å². The van der Waals surface area contributed by atoms with E-state index in [-0.39, 0.29) is 11.7 Å². The Kier molecular flexibility index (Phi) is 3.02. The van der Waals surface area contributed by atoms with Crippen LogP contribution in [0.3, 0.4) is 0 Å². The highest BCUT2D eigenvalue weighted by atomic mass is 32.1. The van der Waals surface area contributed by atoms with Gasteiger partial charge in [0.1, 0.15) is 0 Å². The number of hydrogen-bond donors (Lipinski definition) is 0. The second-order valence-electron chi connectivity index (χ2n) is 0.676. The minimum Gasteiger partial charge on any atom is -0.204 e. The third kappa shape index (κ3) is 3.88. The van der Waals surface area contributed by atoms with Crippen LogP contribution in [0.4, 0.5) is 8.78 Å². The summed E-state index contributed by atoms with van der Waals surface area (Å²) in [6.45, 7) is 0. The highest BCUT2D eigenvalue weighted by molar-refractivity contribution is 7.65. The lowest BCUT2D eigenvalue weighted by Gasteiger charge is -1.71. The zero-order valence-electron chi connectivity index (χ0n) is 2.86. The topological polar surface area (TPSA) is 17.1 Å².